The lowest BCUT2D eigenvalue weighted by atomic mass is 10.2. The Labute approximate surface area is 157 Å². The predicted octanol–water partition coefficient (Wildman–Crippen LogP) is 2.00. The molecule has 2 heterocycles. The maximum atomic E-state index is 12.9. The van der Waals surface area contributed by atoms with Crippen LogP contribution in [0.25, 0.3) is 5.52 Å². The normalized spacial score (nSPS) is 10.7. The molecular formula is C20H22N4O3. The van der Waals surface area contributed by atoms with Crippen LogP contribution in [0, 0.1) is 0 Å². The lowest BCUT2D eigenvalue weighted by Gasteiger charge is -2.19. The number of hydrogen-bond acceptors (Lipinski definition) is 5. The zero-order chi connectivity index (χ0) is 19.2. The van der Waals surface area contributed by atoms with E-state index in [9.17, 15) is 9.59 Å². The summed E-state index contributed by atoms with van der Waals surface area (Å²) in [6, 6.07) is 13.1. The fourth-order valence-corrected chi connectivity index (χ4v) is 2.75. The van der Waals surface area contributed by atoms with E-state index in [1.165, 1.54) is 11.1 Å². The van der Waals surface area contributed by atoms with Crippen LogP contribution in [0.4, 0.5) is 0 Å². The number of pyridine rings is 1. The van der Waals surface area contributed by atoms with Crippen LogP contribution in [0.3, 0.4) is 0 Å². The van der Waals surface area contributed by atoms with Gasteiger partial charge in [-0.1, -0.05) is 30.3 Å². The van der Waals surface area contributed by atoms with Crippen molar-refractivity contribution in [2.45, 2.75) is 20.1 Å². The van der Waals surface area contributed by atoms with Gasteiger partial charge in [-0.25, -0.2) is 4.52 Å². The van der Waals surface area contributed by atoms with Crippen molar-refractivity contribution in [3.8, 4) is 0 Å². The zero-order valence-electron chi connectivity index (χ0n) is 15.2. The summed E-state index contributed by atoms with van der Waals surface area (Å²) in [5.74, 6) is -0.716. The molecular weight excluding hydrogens is 344 g/mol. The number of esters is 1. The summed E-state index contributed by atoms with van der Waals surface area (Å²) >= 11 is 0. The first-order valence-electron chi connectivity index (χ1n) is 8.77. The molecule has 0 saturated carbocycles. The van der Waals surface area contributed by atoms with Gasteiger partial charge in [0.05, 0.1) is 17.3 Å². The number of rotatable bonds is 7. The van der Waals surface area contributed by atoms with Gasteiger partial charge in [0.2, 0.25) is 0 Å². The van der Waals surface area contributed by atoms with Crippen molar-refractivity contribution in [2.75, 3.05) is 13.1 Å². The Kier molecular flexibility index (Phi) is 5.83. The summed E-state index contributed by atoms with van der Waals surface area (Å²) < 4.78 is 6.90. The average Bonchev–Trinajstić information content (AvgIpc) is 3.13. The van der Waals surface area contributed by atoms with Crippen molar-refractivity contribution < 1.29 is 14.3 Å². The molecule has 140 valence electrons. The summed E-state index contributed by atoms with van der Waals surface area (Å²) in [5.41, 5.74) is 8.59. The van der Waals surface area contributed by atoms with E-state index < -0.39 is 5.97 Å². The Morgan fingerprint density at radius 1 is 1.19 bits per heavy atom. The third-order valence-corrected chi connectivity index (χ3v) is 4.28. The molecule has 1 aromatic carbocycles. The highest BCUT2D eigenvalue weighted by Gasteiger charge is 2.21. The summed E-state index contributed by atoms with van der Waals surface area (Å²) in [4.78, 5) is 26.5. The number of likely N-dealkylation sites (N-methyl/N-ethyl adjacent to an activating group) is 1. The van der Waals surface area contributed by atoms with Crippen molar-refractivity contribution in [2.24, 2.45) is 5.73 Å². The smallest absolute Gasteiger partial charge is 0.325 e. The standard InChI is InChI=1S/C20H22N4O3/c1-2-23(13-19(25)27-14-15-6-4-3-5-7-15)20(26)17-12-22-24-9-8-16(11-21)10-18(17)24/h3-10,12H,2,11,13-14,21H2,1H3. The first-order valence-corrected chi connectivity index (χ1v) is 8.77. The molecule has 3 aromatic rings. The number of nitrogens with zero attached hydrogens (tertiary/aromatic N) is 3. The fourth-order valence-electron chi connectivity index (χ4n) is 2.75. The third kappa shape index (κ3) is 4.32. The minimum Gasteiger partial charge on any atom is -0.459 e. The molecule has 0 aliphatic carbocycles. The number of benzene rings is 1. The van der Waals surface area contributed by atoms with Gasteiger partial charge in [0.15, 0.2) is 0 Å². The molecule has 3 rings (SSSR count). The maximum absolute atomic E-state index is 12.9. The van der Waals surface area contributed by atoms with Gasteiger partial charge in [0, 0.05) is 19.3 Å². The molecule has 0 saturated heterocycles. The number of hydrogen-bond donors (Lipinski definition) is 1. The molecule has 7 nitrogen and oxygen atoms in total. The Hall–Kier alpha value is -3.19. The highest BCUT2D eigenvalue weighted by atomic mass is 16.5. The second-order valence-electron chi connectivity index (χ2n) is 6.09. The van der Waals surface area contributed by atoms with Crippen LogP contribution in [0.2, 0.25) is 0 Å². The Bertz CT molecular complexity index is 937. The number of carbonyl (C=O) groups excluding carboxylic acids is 2. The lowest BCUT2D eigenvalue weighted by molar-refractivity contribution is -0.145. The number of aromatic nitrogens is 2. The number of nitrogens with two attached hydrogens (primary N) is 1. The number of amides is 1. The average molecular weight is 366 g/mol. The van der Waals surface area contributed by atoms with E-state index in [2.05, 4.69) is 5.10 Å². The highest BCUT2D eigenvalue weighted by molar-refractivity contribution is 6.01. The van der Waals surface area contributed by atoms with Gasteiger partial charge in [-0.15, -0.1) is 0 Å². The number of carbonyl (C=O) groups is 2. The van der Waals surface area contributed by atoms with Gasteiger partial charge in [-0.05, 0) is 30.2 Å². The Balaban J connectivity index is 1.69. The van der Waals surface area contributed by atoms with E-state index >= 15 is 0 Å². The van der Waals surface area contributed by atoms with E-state index in [0.29, 0.717) is 24.2 Å². The van der Waals surface area contributed by atoms with Crippen molar-refractivity contribution in [1.29, 1.82) is 0 Å². The second kappa shape index (κ2) is 8.46. The molecule has 1 amide bonds. The van der Waals surface area contributed by atoms with Crippen LogP contribution in [-0.2, 0) is 22.7 Å². The SMILES string of the molecule is CCN(CC(=O)OCc1ccccc1)C(=O)c1cnn2ccc(CN)cc12. The van der Waals surface area contributed by atoms with Gasteiger partial charge in [-0.2, -0.15) is 5.10 Å². The van der Waals surface area contributed by atoms with Crippen molar-refractivity contribution in [3.05, 3.63) is 71.5 Å². The topological polar surface area (TPSA) is 89.9 Å². The molecule has 0 spiro atoms. The van der Waals surface area contributed by atoms with Crippen molar-refractivity contribution in [3.63, 3.8) is 0 Å². The van der Waals surface area contributed by atoms with Crippen LogP contribution in [0.5, 0.6) is 0 Å². The molecule has 0 fully saturated rings. The molecule has 2 aromatic heterocycles. The maximum Gasteiger partial charge on any atom is 0.325 e. The van der Waals surface area contributed by atoms with E-state index in [0.717, 1.165) is 11.1 Å². The molecule has 2 N–H and O–H groups in total. The van der Waals surface area contributed by atoms with Gasteiger partial charge < -0.3 is 15.4 Å². The molecule has 0 unspecified atom stereocenters. The van der Waals surface area contributed by atoms with E-state index in [4.69, 9.17) is 10.5 Å². The quantitative estimate of drug-likeness (QED) is 0.646. The van der Waals surface area contributed by atoms with Crippen LogP contribution in [-0.4, -0.2) is 39.5 Å². The first-order chi connectivity index (χ1) is 13.1. The number of ether oxygens (including phenoxy) is 1. The largest absolute Gasteiger partial charge is 0.459 e. The van der Waals surface area contributed by atoms with Gasteiger partial charge in [0.25, 0.3) is 5.91 Å². The first kappa shape index (κ1) is 18.6. The summed E-state index contributed by atoms with van der Waals surface area (Å²) in [6.07, 6.45) is 3.27. The monoisotopic (exact) mass is 366 g/mol. The summed E-state index contributed by atoms with van der Waals surface area (Å²) in [6.45, 7) is 2.64. The predicted molar refractivity (Wildman–Crippen MR) is 101 cm³/mol. The van der Waals surface area contributed by atoms with Crippen LogP contribution in [0.1, 0.15) is 28.4 Å². The van der Waals surface area contributed by atoms with Gasteiger partial charge in [-0.3, -0.25) is 9.59 Å². The Morgan fingerprint density at radius 3 is 2.67 bits per heavy atom. The van der Waals surface area contributed by atoms with Crippen molar-refractivity contribution >= 4 is 17.4 Å². The highest BCUT2D eigenvalue weighted by Crippen LogP contribution is 2.15. The van der Waals surface area contributed by atoms with Crippen LogP contribution >= 0.6 is 0 Å². The molecule has 0 aliphatic heterocycles. The second-order valence-corrected chi connectivity index (χ2v) is 6.09. The van der Waals surface area contributed by atoms with E-state index in [1.807, 2.05) is 49.4 Å². The molecule has 7 heteroatoms. The minimum atomic E-state index is -0.451. The molecule has 0 bridgehead atoms. The number of fused-ring (bicyclic) bond motifs is 1. The van der Waals surface area contributed by atoms with Gasteiger partial charge >= 0.3 is 5.97 Å². The van der Waals surface area contributed by atoms with E-state index in [-0.39, 0.29) is 19.1 Å². The molecule has 27 heavy (non-hydrogen) atoms. The van der Waals surface area contributed by atoms with Crippen molar-refractivity contribution in [1.82, 2.24) is 14.5 Å². The molecule has 0 aliphatic rings. The third-order valence-electron chi connectivity index (χ3n) is 4.28. The molecule has 0 atom stereocenters. The zero-order valence-corrected chi connectivity index (χ0v) is 15.2. The van der Waals surface area contributed by atoms with Gasteiger partial charge in [0.1, 0.15) is 13.2 Å². The summed E-state index contributed by atoms with van der Waals surface area (Å²) in [7, 11) is 0. The van der Waals surface area contributed by atoms with Crippen LogP contribution in [0.15, 0.2) is 54.9 Å². The van der Waals surface area contributed by atoms with E-state index in [1.54, 1.807) is 10.7 Å². The summed E-state index contributed by atoms with van der Waals surface area (Å²) in [5, 5.41) is 4.20. The fraction of sp³-hybridized carbons (Fsp3) is 0.250. The minimum absolute atomic E-state index is 0.115. The Morgan fingerprint density at radius 2 is 1.96 bits per heavy atom. The van der Waals surface area contributed by atoms with Crippen LogP contribution < -0.4 is 5.73 Å². The lowest BCUT2D eigenvalue weighted by Crippen LogP contribution is -2.36. The molecule has 0 radical (unpaired) electrons.